The third-order valence-electron chi connectivity index (χ3n) is 3.97. The molecule has 0 atom stereocenters. The van der Waals surface area contributed by atoms with Crippen LogP contribution in [-0.4, -0.2) is 37.1 Å². The first-order chi connectivity index (χ1) is 12.4. The van der Waals surface area contributed by atoms with Crippen LogP contribution < -0.4 is 4.18 Å². The Morgan fingerprint density at radius 3 is 2.25 bits per heavy atom. The number of hydrogen-bond donors (Lipinski definition) is 0. The Morgan fingerprint density at radius 1 is 1.18 bits per heavy atom. The number of halogens is 4. The van der Waals surface area contributed by atoms with E-state index in [1.54, 1.807) is 34.6 Å². The molecule has 1 aliphatic rings. The van der Waals surface area contributed by atoms with Gasteiger partial charge in [0.25, 0.3) is 0 Å². The summed E-state index contributed by atoms with van der Waals surface area (Å²) in [6, 6.07) is 1.64. The standard InChI is InChI=1S/C17H21F4NO5S/c1-15(2,3)26-14(23)22-8-10-12(27-28(24,25)17(19,20)21)7-6-11(18)13(10)16(4,5)9-22/h6-7H,8-9H2,1-5H3. The number of ether oxygens (including phenoxy) is 1. The number of benzene rings is 1. The van der Waals surface area contributed by atoms with Gasteiger partial charge in [0.15, 0.2) is 0 Å². The van der Waals surface area contributed by atoms with E-state index in [0.717, 1.165) is 12.1 Å². The molecule has 158 valence electrons. The van der Waals surface area contributed by atoms with Crippen molar-refractivity contribution in [1.82, 2.24) is 4.90 Å². The highest BCUT2D eigenvalue weighted by Gasteiger charge is 2.49. The van der Waals surface area contributed by atoms with Crippen LogP contribution in [0.4, 0.5) is 22.4 Å². The van der Waals surface area contributed by atoms with Crippen LogP contribution >= 0.6 is 0 Å². The molecule has 0 N–H and O–H groups in total. The van der Waals surface area contributed by atoms with Crippen molar-refractivity contribution in [3.8, 4) is 5.75 Å². The second-order valence-electron chi connectivity index (χ2n) is 8.10. The predicted molar refractivity (Wildman–Crippen MR) is 91.7 cm³/mol. The van der Waals surface area contributed by atoms with E-state index in [9.17, 15) is 30.8 Å². The van der Waals surface area contributed by atoms with Gasteiger partial charge in [0, 0.05) is 23.1 Å². The first-order valence-electron chi connectivity index (χ1n) is 8.25. The minimum absolute atomic E-state index is 0.0119. The molecule has 0 saturated heterocycles. The predicted octanol–water partition coefficient (Wildman–Crippen LogP) is 4.08. The molecule has 6 nitrogen and oxygen atoms in total. The van der Waals surface area contributed by atoms with Crippen molar-refractivity contribution in [3.05, 3.63) is 29.1 Å². The van der Waals surface area contributed by atoms with Crippen LogP contribution in [0.3, 0.4) is 0 Å². The summed E-state index contributed by atoms with van der Waals surface area (Å²) >= 11 is 0. The minimum atomic E-state index is -5.96. The fraction of sp³-hybridized carbons (Fsp3) is 0.588. The molecule has 0 unspecified atom stereocenters. The van der Waals surface area contributed by atoms with Crippen LogP contribution in [-0.2, 0) is 26.8 Å². The van der Waals surface area contributed by atoms with E-state index in [4.69, 9.17) is 4.74 Å². The van der Waals surface area contributed by atoms with Crippen LogP contribution in [0.25, 0.3) is 0 Å². The largest absolute Gasteiger partial charge is 0.534 e. The Hall–Kier alpha value is -2.04. The molecule has 1 aromatic rings. The van der Waals surface area contributed by atoms with Gasteiger partial charge in [0.2, 0.25) is 0 Å². The monoisotopic (exact) mass is 427 g/mol. The number of hydrogen-bond acceptors (Lipinski definition) is 5. The van der Waals surface area contributed by atoms with Crippen molar-refractivity contribution in [2.75, 3.05) is 6.54 Å². The van der Waals surface area contributed by atoms with Crippen molar-refractivity contribution in [2.24, 2.45) is 0 Å². The van der Waals surface area contributed by atoms with E-state index in [-0.39, 0.29) is 24.2 Å². The highest BCUT2D eigenvalue weighted by atomic mass is 32.2. The number of carbonyl (C=O) groups is 1. The van der Waals surface area contributed by atoms with Crippen LogP contribution in [0.1, 0.15) is 45.7 Å². The first kappa shape index (κ1) is 22.3. The fourth-order valence-corrected chi connectivity index (χ4v) is 3.48. The number of fused-ring (bicyclic) bond motifs is 1. The van der Waals surface area contributed by atoms with Crippen molar-refractivity contribution in [2.45, 2.75) is 57.7 Å². The first-order valence-corrected chi connectivity index (χ1v) is 9.66. The van der Waals surface area contributed by atoms with E-state index in [0.29, 0.717) is 0 Å². The van der Waals surface area contributed by atoms with Crippen molar-refractivity contribution >= 4 is 16.2 Å². The minimum Gasteiger partial charge on any atom is -0.444 e. The topological polar surface area (TPSA) is 72.9 Å². The van der Waals surface area contributed by atoms with Gasteiger partial charge in [-0.25, -0.2) is 9.18 Å². The molecular formula is C17H21F4NO5S. The van der Waals surface area contributed by atoms with Gasteiger partial charge in [-0.15, -0.1) is 0 Å². The summed E-state index contributed by atoms with van der Waals surface area (Å²) in [5.41, 5.74) is -7.68. The van der Waals surface area contributed by atoms with Gasteiger partial charge in [-0.2, -0.15) is 21.6 Å². The lowest BCUT2D eigenvalue weighted by molar-refractivity contribution is -0.0500. The van der Waals surface area contributed by atoms with Gasteiger partial charge in [-0.05, 0) is 32.9 Å². The molecule has 0 aliphatic carbocycles. The van der Waals surface area contributed by atoms with Gasteiger partial charge >= 0.3 is 21.7 Å². The molecule has 11 heteroatoms. The summed E-state index contributed by atoms with van der Waals surface area (Å²) in [5.74, 6) is -1.42. The zero-order valence-corrected chi connectivity index (χ0v) is 16.8. The zero-order valence-electron chi connectivity index (χ0n) is 16.0. The molecule has 1 amide bonds. The van der Waals surface area contributed by atoms with E-state index < -0.39 is 44.3 Å². The smallest absolute Gasteiger partial charge is 0.444 e. The van der Waals surface area contributed by atoms with Crippen LogP contribution in [0, 0.1) is 5.82 Å². The van der Waals surface area contributed by atoms with Crippen molar-refractivity contribution in [1.29, 1.82) is 0 Å². The lowest BCUT2D eigenvalue weighted by atomic mass is 9.78. The van der Waals surface area contributed by atoms with Gasteiger partial charge in [-0.1, -0.05) is 13.8 Å². The molecule has 28 heavy (non-hydrogen) atoms. The molecule has 0 bridgehead atoms. The van der Waals surface area contributed by atoms with Crippen molar-refractivity contribution < 1.29 is 39.7 Å². The number of rotatable bonds is 2. The Kier molecular flexibility index (Phi) is 5.39. The third kappa shape index (κ3) is 4.50. The molecular weight excluding hydrogens is 406 g/mol. The third-order valence-corrected chi connectivity index (χ3v) is 4.93. The molecule has 0 radical (unpaired) electrons. The van der Waals surface area contributed by atoms with Crippen LogP contribution in [0.5, 0.6) is 5.75 Å². The summed E-state index contributed by atoms with van der Waals surface area (Å²) in [6.07, 6.45) is -0.764. The molecule has 1 aromatic carbocycles. The number of amides is 1. The summed E-state index contributed by atoms with van der Waals surface area (Å²) in [5, 5.41) is 0. The summed E-state index contributed by atoms with van der Waals surface area (Å²) in [7, 11) is -5.96. The maximum atomic E-state index is 14.5. The molecule has 0 fully saturated rings. The van der Waals surface area contributed by atoms with E-state index in [2.05, 4.69) is 4.18 Å². The van der Waals surface area contributed by atoms with E-state index >= 15 is 0 Å². The molecule has 1 heterocycles. The molecule has 0 spiro atoms. The quantitative estimate of drug-likeness (QED) is 0.404. The Labute approximate surface area is 160 Å². The second kappa shape index (κ2) is 6.78. The van der Waals surface area contributed by atoms with Gasteiger partial charge in [0.1, 0.15) is 17.2 Å². The Balaban J connectivity index is 2.53. The van der Waals surface area contributed by atoms with Crippen LogP contribution in [0.2, 0.25) is 0 Å². The van der Waals surface area contributed by atoms with Gasteiger partial charge in [-0.3, -0.25) is 0 Å². The summed E-state index contributed by atoms with van der Waals surface area (Å²) in [6.45, 7) is 7.71. The van der Waals surface area contributed by atoms with Gasteiger partial charge in [0.05, 0.1) is 6.54 Å². The highest BCUT2D eigenvalue weighted by Crippen LogP contribution is 2.41. The lowest BCUT2D eigenvalue weighted by Gasteiger charge is -2.40. The van der Waals surface area contributed by atoms with E-state index in [1.165, 1.54) is 4.90 Å². The number of nitrogens with zero attached hydrogens (tertiary/aromatic N) is 1. The summed E-state index contributed by atoms with van der Waals surface area (Å²) < 4.78 is 84.9. The fourth-order valence-electron chi connectivity index (χ4n) is 2.99. The molecule has 2 rings (SSSR count). The molecule has 0 aromatic heterocycles. The van der Waals surface area contributed by atoms with Gasteiger partial charge < -0.3 is 13.8 Å². The number of carbonyl (C=O) groups excluding carboxylic acids is 1. The van der Waals surface area contributed by atoms with Crippen molar-refractivity contribution in [3.63, 3.8) is 0 Å². The highest BCUT2D eigenvalue weighted by molar-refractivity contribution is 7.88. The Bertz CT molecular complexity index is 888. The zero-order chi connectivity index (χ0) is 21.7. The second-order valence-corrected chi connectivity index (χ2v) is 9.64. The van der Waals surface area contributed by atoms with Crippen LogP contribution in [0.15, 0.2) is 12.1 Å². The summed E-state index contributed by atoms with van der Waals surface area (Å²) in [4.78, 5) is 13.6. The average molecular weight is 427 g/mol. The molecule has 1 aliphatic heterocycles. The maximum Gasteiger partial charge on any atom is 0.534 e. The lowest BCUT2D eigenvalue weighted by Crippen LogP contribution is -2.47. The maximum absolute atomic E-state index is 14.5. The molecule has 0 saturated carbocycles. The van der Waals surface area contributed by atoms with E-state index in [1.807, 2.05) is 0 Å². The normalized spacial score (nSPS) is 17.1. The Morgan fingerprint density at radius 2 is 1.75 bits per heavy atom. The SMILES string of the molecule is CC(C)(C)OC(=O)N1Cc2c(OS(=O)(=O)C(F)(F)F)ccc(F)c2C(C)(C)C1. The average Bonchev–Trinajstić information content (AvgIpc) is 2.45. The number of alkyl halides is 3.